The first kappa shape index (κ1) is 32.8. The summed E-state index contributed by atoms with van der Waals surface area (Å²) < 4.78 is 0. The van der Waals surface area contributed by atoms with Crippen LogP contribution < -0.4 is 27.4 Å². The van der Waals surface area contributed by atoms with Gasteiger partial charge in [0.15, 0.2) is 0 Å². The summed E-state index contributed by atoms with van der Waals surface area (Å²) in [6.07, 6.45) is 4.65. The Labute approximate surface area is 236 Å². The van der Waals surface area contributed by atoms with E-state index in [0.717, 1.165) is 22.9 Å². The summed E-state index contributed by atoms with van der Waals surface area (Å²) in [5.74, 6) is -3.00. The molecule has 0 bridgehead atoms. The summed E-state index contributed by atoms with van der Waals surface area (Å²) in [5, 5.41) is 18.7. The summed E-state index contributed by atoms with van der Waals surface area (Å²) in [6.45, 7) is 7.90. The molecule has 0 spiro atoms. The van der Waals surface area contributed by atoms with Gasteiger partial charge in [0.2, 0.25) is 17.7 Å². The Morgan fingerprint density at radius 2 is 1.60 bits per heavy atom. The van der Waals surface area contributed by atoms with Gasteiger partial charge in [0.05, 0.1) is 6.04 Å². The van der Waals surface area contributed by atoms with Crippen molar-refractivity contribution in [2.24, 2.45) is 23.3 Å². The molecule has 40 heavy (non-hydrogen) atoms. The molecule has 1 aromatic heterocycles. The van der Waals surface area contributed by atoms with E-state index in [1.165, 1.54) is 0 Å². The fourth-order valence-corrected chi connectivity index (χ4v) is 4.56. The Kier molecular flexibility index (Phi) is 13.1. The topological polar surface area (TPSA) is 192 Å². The van der Waals surface area contributed by atoms with Crippen molar-refractivity contribution in [1.29, 1.82) is 0 Å². The first-order valence-electron chi connectivity index (χ1n) is 14.1. The van der Waals surface area contributed by atoms with Crippen LogP contribution >= 0.6 is 0 Å². The molecule has 2 rings (SSSR count). The highest BCUT2D eigenvalue weighted by molar-refractivity contribution is 5.95. The van der Waals surface area contributed by atoms with Crippen molar-refractivity contribution < 1.29 is 24.3 Å². The third-order valence-electron chi connectivity index (χ3n) is 7.15. The maximum atomic E-state index is 13.6. The number of para-hydroxylation sites is 1. The van der Waals surface area contributed by atoms with E-state index in [-0.39, 0.29) is 24.7 Å². The van der Waals surface area contributed by atoms with Crippen molar-refractivity contribution in [2.45, 2.75) is 90.4 Å². The van der Waals surface area contributed by atoms with Crippen molar-refractivity contribution in [3.8, 4) is 0 Å². The number of rotatable bonds is 17. The zero-order valence-electron chi connectivity index (χ0n) is 24.0. The average Bonchev–Trinajstić information content (AvgIpc) is 3.32. The zero-order chi connectivity index (χ0) is 29.8. The van der Waals surface area contributed by atoms with E-state index in [9.17, 15) is 24.3 Å². The molecular weight excluding hydrogens is 512 g/mol. The fourth-order valence-electron chi connectivity index (χ4n) is 4.56. The van der Waals surface area contributed by atoms with Crippen LogP contribution in [0.15, 0.2) is 30.5 Å². The molecule has 222 valence electrons. The molecule has 0 aliphatic rings. The lowest BCUT2D eigenvalue weighted by atomic mass is 9.97. The van der Waals surface area contributed by atoms with Gasteiger partial charge in [0, 0.05) is 23.5 Å². The minimum absolute atomic E-state index is 0.0283. The third-order valence-corrected chi connectivity index (χ3v) is 7.15. The number of benzene rings is 1. The van der Waals surface area contributed by atoms with E-state index in [1.807, 2.05) is 45.0 Å². The summed E-state index contributed by atoms with van der Waals surface area (Å²) in [7, 11) is 0. The minimum Gasteiger partial charge on any atom is -0.480 e. The van der Waals surface area contributed by atoms with Gasteiger partial charge < -0.3 is 37.5 Å². The molecule has 0 saturated carbocycles. The lowest BCUT2D eigenvalue weighted by Gasteiger charge is -2.27. The van der Waals surface area contributed by atoms with Crippen LogP contribution in [0.3, 0.4) is 0 Å². The maximum absolute atomic E-state index is 13.6. The predicted octanol–water partition coefficient (Wildman–Crippen LogP) is 1.80. The van der Waals surface area contributed by atoms with Crippen LogP contribution in [0.25, 0.3) is 10.9 Å². The lowest BCUT2D eigenvalue weighted by Crippen LogP contribution is -2.58. The molecular formula is C29H46N6O5. The fraction of sp³-hybridized carbons (Fsp3) is 0.586. The lowest BCUT2D eigenvalue weighted by molar-refractivity contribution is -0.144. The smallest absolute Gasteiger partial charge is 0.326 e. The molecule has 0 saturated heterocycles. The van der Waals surface area contributed by atoms with Gasteiger partial charge in [0.25, 0.3) is 0 Å². The SMILES string of the molecule is CCC(C)C(NC(=O)C(CC(C)C)NC(=O)C(Cc1c[nH]c2ccccc12)NC(=O)C(N)CCCCN)C(=O)O. The van der Waals surface area contributed by atoms with Gasteiger partial charge in [-0.25, -0.2) is 4.79 Å². The Morgan fingerprint density at radius 1 is 0.950 bits per heavy atom. The van der Waals surface area contributed by atoms with Crippen LogP contribution in [-0.2, 0) is 25.6 Å². The van der Waals surface area contributed by atoms with E-state index in [1.54, 1.807) is 13.1 Å². The molecule has 0 fully saturated rings. The number of hydrogen-bond acceptors (Lipinski definition) is 6. The average molecular weight is 559 g/mol. The molecule has 1 aromatic carbocycles. The van der Waals surface area contributed by atoms with Crippen molar-refractivity contribution in [3.63, 3.8) is 0 Å². The molecule has 11 heteroatoms. The van der Waals surface area contributed by atoms with Crippen LogP contribution in [0.4, 0.5) is 0 Å². The minimum atomic E-state index is -1.13. The number of aliphatic carboxylic acids is 1. The van der Waals surface area contributed by atoms with Crippen molar-refractivity contribution in [1.82, 2.24) is 20.9 Å². The second-order valence-electron chi connectivity index (χ2n) is 10.9. The standard InChI is InChI=1S/C29H46N6O5/c1-5-18(4)25(29(39)40)35-28(38)23(14-17(2)3)34-27(37)24(33-26(36)21(31)11-8-9-13-30)15-19-16-32-22-12-7-6-10-20(19)22/h6-7,10,12,16-18,21,23-25,32H,5,8-9,11,13-15,30-31H2,1-4H3,(H,33,36)(H,34,37)(H,35,38)(H,39,40). The van der Waals surface area contributed by atoms with Gasteiger partial charge in [0.1, 0.15) is 18.1 Å². The number of amides is 3. The third kappa shape index (κ3) is 9.63. The van der Waals surface area contributed by atoms with Crippen LogP contribution in [0.1, 0.15) is 65.4 Å². The van der Waals surface area contributed by atoms with Gasteiger partial charge in [-0.2, -0.15) is 0 Å². The quantitative estimate of drug-likeness (QED) is 0.144. The van der Waals surface area contributed by atoms with Gasteiger partial charge in [-0.05, 0) is 49.3 Å². The number of carbonyl (C=O) groups excluding carboxylic acids is 3. The van der Waals surface area contributed by atoms with Gasteiger partial charge >= 0.3 is 5.97 Å². The van der Waals surface area contributed by atoms with Crippen LogP contribution in [0.5, 0.6) is 0 Å². The van der Waals surface area contributed by atoms with Gasteiger partial charge in [-0.1, -0.05) is 58.7 Å². The number of aromatic amines is 1. The van der Waals surface area contributed by atoms with Crippen molar-refractivity contribution in [3.05, 3.63) is 36.0 Å². The van der Waals surface area contributed by atoms with Crippen molar-refractivity contribution >= 4 is 34.6 Å². The van der Waals surface area contributed by atoms with Gasteiger partial charge in [-0.3, -0.25) is 14.4 Å². The first-order valence-corrected chi connectivity index (χ1v) is 14.1. The van der Waals surface area contributed by atoms with Crippen molar-refractivity contribution in [2.75, 3.05) is 6.54 Å². The predicted molar refractivity (Wildman–Crippen MR) is 155 cm³/mol. The highest BCUT2D eigenvalue weighted by Gasteiger charge is 2.32. The van der Waals surface area contributed by atoms with E-state index in [0.29, 0.717) is 25.8 Å². The van der Waals surface area contributed by atoms with Crippen LogP contribution in [0.2, 0.25) is 0 Å². The molecule has 0 radical (unpaired) electrons. The largest absolute Gasteiger partial charge is 0.480 e. The highest BCUT2D eigenvalue weighted by Crippen LogP contribution is 2.20. The second kappa shape index (κ2) is 16.0. The monoisotopic (exact) mass is 558 g/mol. The Hall–Kier alpha value is -3.44. The Balaban J connectivity index is 2.29. The number of nitrogens with one attached hydrogen (secondary N) is 4. The number of nitrogens with two attached hydrogens (primary N) is 2. The molecule has 3 amide bonds. The second-order valence-corrected chi connectivity index (χ2v) is 10.9. The molecule has 0 aliphatic carbocycles. The molecule has 9 N–H and O–H groups in total. The number of fused-ring (bicyclic) bond motifs is 1. The molecule has 2 aromatic rings. The number of carboxylic acid groups (broad SMARTS) is 1. The van der Waals surface area contributed by atoms with Crippen LogP contribution in [0, 0.1) is 11.8 Å². The molecule has 5 unspecified atom stereocenters. The van der Waals surface area contributed by atoms with E-state index < -0.39 is 47.9 Å². The number of aromatic nitrogens is 1. The summed E-state index contributed by atoms with van der Waals surface area (Å²) in [6, 6.07) is 3.72. The van der Waals surface area contributed by atoms with E-state index in [4.69, 9.17) is 11.5 Å². The molecule has 0 aliphatic heterocycles. The summed E-state index contributed by atoms with van der Waals surface area (Å²) in [4.78, 5) is 54.8. The Morgan fingerprint density at radius 3 is 2.23 bits per heavy atom. The van der Waals surface area contributed by atoms with Crippen LogP contribution in [-0.4, -0.2) is 64.5 Å². The normalized spacial score (nSPS) is 15.2. The summed E-state index contributed by atoms with van der Waals surface area (Å²) >= 11 is 0. The number of unbranched alkanes of at least 4 members (excludes halogenated alkanes) is 1. The Bertz CT molecular complexity index is 1130. The molecule has 11 nitrogen and oxygen atoms in total. The van der Waals surface area contributed by atoms with E-state index in [2.05, 4.69) is 20.9 Å². The number of H-pyrrole nitrogens is 1. The number of hydrogen-bond donors (Lipinski definition) is 7. The zero-order valence-corrected chi connectivity index (χ0v) is 24.0. The molecule has 5 atom stereocenters. The summed E-state index contributed by atoms with van der Waals surface area (Å²) in [5.41, 5.74) is 13.4. The van der Waals surface area contributed by atoms with Gasteiger partial charge in [-0.15, -0.1) is 0 Å². The highest BCUT2D eigenvalue weighted by atomic mass is 16.4. The first-order chi connectivity index (χ1) is 19.0. The number of carbonyl (C=O) groups is 4. The maximum Gasteiger partial charge on any atom is 0.326 e. The number of carboxylic acids is 1. The van der Waals surface area contributed by atoms with E-state index >= 15 is 0 Å². The molecule has 1 heterocycles.